The highest BCUT2D eigenvalue weighted by Crippen LogP contribution is 2.41. The first-order valence-corrected chi connectivity index (χ1v) is 7.71. The standard InChI is InChI=1S/C15H21NS/c16-14-7-3-1-5-11(14)9-13-10-12-6-2-4-8-15(12)17-13/h2,4,6,8,11,13-14H,1,3,5,7,9-10,16H2. The van der Waals surface area contributed by atoms with Crippen LogP contribution in [0.5, 0.6) is 0 Å². The summed E-state index contributed by atoms with van der Waals surface area (Å²) in [5.41, 5.74) is 7.80. The Hall–Kier alpha value is -0.470. The average molecular weight is 247 g/mol. The number of thioether (sulfide) groups is 1. The summed E-state index contributed by atoms with van der Waals surface area (Å²) in [5, 5.41) is 0.779. The third-order valence-electron chi connectivity index (χ3n) is 4.25. The molecule has 0 amide bonds. The van der Waals surface area contributed by atoms with E-state index in [1.54, 1.807) is 5.56 Å². The fourth-order valence-electron chi connectivity index (χ4n) is 3.25. The molecule has 1 nitrogen and oxygen atoms in total. The largest absolute Gasteiger partial charge is 0.327 e. The van der Waals surface area contributed by atoms with Gasteiger partial charge in [-0.25, -0.2) is 0 Å². The lowest BCUT2D eigenvalue weighted by atomic mass is 9.81. The lowest BCUT2D eigenvalue weighted by Crippen LogP contribution is -2.34. The van der Waals surface area contributed by atoms with Crippen molar-refractivity contribution in [2.75, 3.05) is 0 Å². The molecule has 2 aliphatic rings. The summed E-state index contributed by atoms with van der Waals surface area (Å²) in [6.45, 7) is 0. The van der Waals surface area contributed by atoms with Gasteiger partial charge in [-0.1, -0.05) is 31.0 Å². The molecule has 0 spiro atoms. The summed E-state index contributed by atoms with van der Waals surface area (Å²) in [4.78, 5) is 1.50. The second-order valence-corrected chi connectivity index (χ2v) is 6.84. The molecule has 3 rings (SSSR count). The SMILES string of the molecule is NC1CCCCC1CC1Cc2ccccc2S1. The zero-order chi connectivity index (χ0) is 11.7. The molecule has 1 aromatic rings. The smallest absolute Gasteiger partial charge is 0.0138 e. The maximum Gasteiger partial charge on any atom is 0.0138 e. The normalized spacial score (nSPS) is 32.4. The Kier molecular flexibility index (Phi) is 3.44. The quantitative estimate of drug-likeness (QED) is 0.864. The van der Waals surface area contributed by atoms with E-state index in [1.807, 2.05) is 0 Å². The van der Waals surface area contributed by atoms with E-state index in [1.165, 1.54) is 43.4 Å². The van der Waals surface area contributed by atoms with E-state index < -0.39 is 0 Å². The van der Waals surface area contributed by atoms with Crippen molar-refractivity contribution in [3.63, 3.8) is 0 Å². The maximum absolute atomic E-state index is 6.25. The summed E-state index contributed by atoms with van der Waals surface area (Å²) in [6.07, 6.45) is 7.91. The van der Waals surface area contributed by atoms with Crippen LogP contribution >= 0.6 is 11.8 Å². The first-order chi connectivity index (χ1) is 8.33. The van der Waals surface area contributed by atoms with Crippen molar-refractivity contribution < 1.29 is 0 Å². The molecule has 17 heavy (non-hydrogen) atoms. The van der Waals surface area contributed by atoms with Crippen molar-refractivity contribution in [3.05, 3.63) is 29.8 Å². The molecule has 3 unspecified atom stereocenters. The van der Waals surface area contributed by atoms with Gasteiger partial charge in [-0.15, -0.1) is 11.8 Å². The van der Waals surface area contributed by atoms with Gasteiger partial charge < -0.3 is 5.73 Å². The van der Waals surface area contributed by atoms with Crippen LogP contribution in [0.15, 0.2) is 29.2 Å². The molecule has 0 aromatic heterocycles. The van der Waals surface area contributed by atoms with Crippen LogP contribution in [-0.4, -0.2) is 11.3 Å². The zero-order valence-corrected chi connectivity index (χ0v) is 11.1. The molecule has 0 saturated heterocycles. The second kappa shape index (κ2) is 5.03. The molecule has 1 fully saturated rings. The highest BCUT2D eigenvalue weighted by molar-refractivity contribution is 8.00. The van der Waals surface area contributed by atoms with Crippen LogP contribution in [0.1, 0.15) is 37.7 Å². The topological polar surface area (TPSA) is 26.0 Å². The molecule has 1 aliphatic heterocycles. The zero-order valence-electron chi connectivity index (χ0n) is 10.3. The summed E-state index contributed by atoms with van der Waals surface area (Å²) in [6, 6.07) is 9.33. The van der Waals surface area contributed by atoms with Crippen LogP contribution in [-0.2, 0) is 6.42 Å². The van der Waals surface area contributed by atoms with E-state index >= 15 is 0 Å². The van der Waals surface area contributed by atoms with Crippen molar-refractivity contribution in [1.82, 2.24) is 0 Å². The molecule has 1 saturated carbocycles. The van der Waals surface area contributed by atoms with E-state index in [0.717, 1.165) is 11.2 Å². The summed E-state index contributed by atoms with van der Waals surface area (Å²) >= 11 is 2.08. The fraction of sp³-hybridized carbons (Fsp3) is 0.600. The molecule has 2 heteroatoms. The first kappa shape index (κ1) is 11.6. The Bertz CT molecular complexity index is 365. The second-order valence-electron chi connectivity index (χ2n) is 5.50. The third-order valence-corrected chi connectivity index (χ3v) is 5.59. The number of hydrogen-bond acceptors (Lipinski definition) is 2. The number of fused-ring (bicyclic) bond motifs is 1. The van der Waals surface area contributed by atoms with Crippen LogP contribution in [0.3, 0.4) is 0 Å². The van der Waals surface area contributed by atoms with Crippen molar-refractivity contribution in [2.24, 2.45) is 11.7 Å². The van der Waals surface area contributed by atoms with Crippen molar-refractivity contribution >= 4 is 11.8 Å². The number of hydrogen-bond donors (Lipinski definition) is 1. The Morgan fingerprint density at radius 2 is 2.00 bits per heavy atom. The van der Waals surface area contributed by atoms with Gasteiger partial charge in [0.25, 0.3) is 0 Å². The molecule has 1 aliphatic carbocycles. The third kappa shape index (κ3) is 2.53. The van der Waals surface area contributed by atoms with Gasteiger partial charge in [0.2, 0.25) is 0 Å². The molecule has 92 valence electrons. The molecule has 1 aromatic carbocycles. The maximum atomic E-state index is 6.25. The lowest BCUT2D eigenvalue weighted by molar-refractivity contribution is 0.290. The van der Waals surface area contributed by atoms with Gasteiger partial charge in [0.05, 0.1) is 0 Å². The van der Waals surface area contributed by atoms with Gasteiger partial charge in [-0.05, 0) is 43.2 Å². The molecule has 0 radical (unpaired) electrons. The summed E-state index contributed by atoms with van der Waals surface area (Å²) in [7, 11) is 0. The molecular weight excluding hydrogens is 226 g/mol. The van der Waals surface area contributed by atoms with Crippen LogP contribution in [0.2, 0.25) is 0 Å². The van der Waals surface area contributed by atoms with Crippen LogP contribution in [0, 0.1) is 5.92 Å². The first-order valence-electron chi connectivity index (χ1n) is 6.83. The predicted molar refractivity (Wildman–Crippen MR) is 74.3 cm³/mol. The average Bonchev–Trinajstić information content (AvgIpc) is 2.74. The van der Waals surface area contributed by atoms with Crippen LogP contribution in [0.4, 0.5) is 0 Å². The van der Waals surface area contributed by atoms with Gasteiger partial charge in [0.15, 0.2) is 0 Å². The van der Waals surface area contributed by atoms with Gasteiger partial charge in [-0.2, -0.15) is 0 Å². The Balaban J connectivity index is 1.61. The van der Waals surface area contributed by atoms with Crippen LogP contribution in [0.25, 0.3) is 0 Å². The summed E-state index contributed by atoms with van der Waals surface area (Å²) in [5.74, 6) is 0.774. The van der Waals surface area contributed by atoms with E-state index in [4.69, 9.17) is 5.73 Å². The van der Waals surface area contributed by atoms with Gasteiger partial charge in [0, 0.05) is 16.2 Å². The Morgan fingerprint density at radius 1 is 1.18 bits per heavy atom. The van der Waals surface area contributed by atoms with E-state index in [0.29, 0.717) is 6.04 Å². The molecule has 3 atom stereocenters. The number of nitrogens with two attached hydrogens (primary N) is 1. The van der Waals surface area contributed by atoms with Crippen molar-refractivity contribution in [2.45, 2.75) is 54.7 Å². The van der Waals surface area contributed by atoms with Gasteiger partial charge in [-0.3, -0.25) is 0 Å². The van der Waals surface area contributed by atoms with Gasteiger partial charge in [0.1, 0.15) is 0 Å². The lowest BCUT2D eigenvalue weighted by Gasteiger charge is -2.30. The highest BCUT2D eigenvalue weighted by atomic mass is 32.2. The predicted octanol–water partition coefficient (Wildman–Crippen LogP) is 3.61. The number of rotatable bonds is 2. The minimum absolute atomic E-state index is 0.466. The minimum atomic E-state index is 0.466. The summed E-state index contributed by atoms with van der Waals surface area (Å²) < 4.78 is 0. The van der Waals surface area contributed by atoms with Crippen molar-refractivity contribution in [3.8, 4) is 0 Å². The fourth-order valence-corrected chi connectivity index (χ4v) is 4.68. The monoisotopic (exact) mass is 247 g/mol. The van der Waals surface area contributed by atoms with Crippen LogP contribution < -0.4 is 5.73 Å². The Labute approximate surface area is 108 Å². The molecule has 1 heterocycles. The molecular formula is C15H21NS. The Morgan fingerprint density at radius 3 is 2.82 bits per heavy atom. The van der Waals surface area contributed by atoms with E-state index in [-0.39, 0.29) is 0 Å². The molecule has 0 bridgehead atoms. The van der Waals surface area contributed by atoms with E-state index in [9.17, 15) is 0 Å². The molecule has 2 N–H and O–H groups in total. The minimum Gasteiger partial charge on any atom is -0.327 e. The van der Waals surface area contributed by atoms with E-state index in [2.05, 4.69) is 36.0 Å². The van der Waals surface area contributed by atoms with Gasteiger partial charge >= 0.3 is 0 Å². The van der Waals surface area contributed by atoms with Crippen molar-refractivity contribution in [1.29, 1.82) is 0 Å². The number of benzene rings is 1. The highest BCUT2D eigenvalue weighted by Gasteiger charge is 2.28.